The monoisotopic (exact) mass is 314 g/mol. The average molecular weight is 314 g/mol. The molecule has 1 fully saturated rings. The van der Waals surface area contributed by atoms with Gasteiger partial charge in [-0.1, -0.05) is 11.8 Å². The highest BCUT2D eigenvalue weighted by Gasteiger charge is 2.37. The molecule has 0 radical (unpaired) electrons. The van der Waals surface area contributed by atoms with Crippen LogP contribution < -0.4 is 0 Å². The van der Waals surface area contributed by atoms with Crippen LogP contribution in [-0.2, 0) is 9.84 Å². The Morgan fingerprint density at radius 3 is 2.75 bits per heavy atom. The lowest BCUT2D eigenvalue weighted by Gasteiger charge is -2.08. The number of aryl methyl sites for hydroxylation is 2. The van der Waals surface area contributed by atoms with Crippen LogP contribution in [-0.4, -0.2) is 56.0 Å². The van der Waals surface area contributed by atoms with Gasteiger partial charge < -0.3 is 5.11 Å². The molecular weight excluding hydrogens is 300 g/mol. The van der Waals surface area contributed by atoms with Crippen molar-refractivity contribution in [2.75, 3.05) is 11.5 Å². The molecule has 3 heterocycles. The SMILES string of the molecule is Cc1cc(C)n2nc(S[C@@H]3CS(=O)(=O)C[C@@H]3O)nc2n1. The fourth-order valence-corrected chi connectivity index (χ4v) is 5.66. The Bertz CT molecular complexity index is 771. The standard InChI is InChI=1S/C11H14N4O3S2/c1-6-3-7(2)15-10(12-6)13-11(14-15)19-9-5-20(17,18)4-8(9)16/h3,8-9,16H,4-5H2,1-2H3/t8-,9+/m0/s1. The molecule has 1 saturated heterocycles. The molecule has 7 nitrogen and oxygen atoms in total. The van der Waals surface area contributed by atoms with E-state index in [-0.39, 0.29) is 11.5 Å². The van der Waals surface area contributed by atoms with Gasteiger partial charge in [0, 0.05) is 11.4 Å². The Balaban J connectivity index is 1.90. The Labute approximate surface area is 120 Å². The van der Waals surface area contributed by atoms with Gasteiger partial charge in [-0.25, -0.2) is 17.9 Å². The molecule has 0 spiro atoms. The zero-order valence-corrected chi connectivity index (χ0v) is 12.6. The fraction of sp³-hybridized carbons (Fsp3) is 0.545. The molecule has 0 bridgehead atoms. The zero-order valence-electron chi connectivity index (χ0n) is 11.0. The number of aromatic nitrogens is 4. The number of thioether (sulfide) groups is 1. The number of rotatable bonds is 2. The molecule has 1 N–H and O–H groups in total. The quantitative estimate of drug-likeness (QED) is 0.832. The summed E-state index contributed by atoms with van der Waals surface area (Å²) in [6.07, 6.45) is -0.868. The molecule has 3 rings (SSSR count). The van der Waals surface area contributed by atoms with Crippen LogP contribution in [0.15, 0.2) is 11.2 Å². The van der Waals surface area contributed by atoms with E-state index >= 15 is 0 Å². The minimum atomic E-state index is -3.16. The van der Waals surface area contributed by atoms with Crippen LogP contribution >= 0.6 is 11.8 Å². The number of hydrogen-bond donors (Lipinski definition) is 1. The summed E-state index contributed by atoms with van der Waals surface area (Å²) in [5, 5.41) is 14.1. The van der Waals surface area contributed by atoms with Crippen LogP contribution in [0.3, 0.4) is 0 Å². The molecule has 2 aromatic rings. The molecule has 1 aliphatic heterocycles. The molecule has 20 heavy (non-hydrogen) atoms. The van der Waals surface area contributed by atoms with Gasteiger partial charge >= 0.3 is 0 Å². The number of hydrogen-bond acceptors (Lipinski definition) is 7. The van der Waals surface area contributed by atoms with Gasteiger partial charge in [0.1, 0.15) is 0 Å². The Morgan fingerprint density at radius 2 is 2.10 bits per heavy atom. The molecule has 0 aromatic carbocycles. The summed E-state index contributed by atoms with van der Waals surface area (Å²) in [6, 6.07) is 1.89. The Morgan fingerprint density at radius 1 is 1.35 bits per heavy atom. The summed E-state index contributed by atoms with van der Waals surface area (Å²) in [7, 11) is -3.16. The third kappa shape index (κ3) is 2.52. The second-order valence-electron chi connectivity index (χ2n) is 4.95. The van der Waals surface area contributed by atoms with Gasteiger partial charge in [0.2, 0.25) is 5.16 Å². The summed E-state index contributed by atoms with van der Waals surface area (Å²) < 4.78 is 24.6. The van der Waals surface area contributed by atoms with Crippen LogP contribution in [0.25, 0.3) is 5.78 Å². The van der Waals surface area contributed by atoms with Crippen molar-refractivity contribution in [3.63, 3.8) is 0 Å². The first-order valence-electron chi connectivity index (χ1n) is 6.10. The average Bonchev–Trinajstić information content (AvgIpc) is 2.80. The molecular formula is C11H14N4O3S2. The second kappa shape index (κ2) is 4.68. The van der Waals surface area contributed by atoms with E-state index in [1.807, 2.05) is 19.9 Å². The molecule has 0 saturated carbocycles. The summed E-state index contributed by atoms with van der Waals surface area (Å²) >= 11 is 1.19. The molecule has 9 heteroatoms. The van der Waals surface area contributed by atoms with Gasteiger partial charge in [0.15, 0.2) is 9.84 Å². The first-order chi connectivity index (χ1) is 9.34. The van der Waals surface area contributed by atoms with Crippen molar-refractivity contribution in [2.24, 2.45) is 0 Å². The third-order valence-electron chi connectivity index (χ3n) is 3.13. The molecule has 0 aliphatic carbocycles. The highest BCUT2D eigenvalue weighted by atomic mass is 32.2. The van der Waals surface area contributed by atoms with Crippen LogP contribution in [0.1, 0.15) is 11.4 Å². The largest absolute Gasteiger partial charge is 0.391 e. The Hall–Kier alpha value is -1.19. The lowest BCUT2D eigenvalue weighted by atomic mass is 10.3. The second-order valence-corrected chi connectivity index (χ2v) is 8.31. The van der Waals surface area contributed by atoms with Crippen molar-refractivity contribution in [2.45, 2.75) is 30.4 Å². The van der Waals surface area contributed by atoms with Crippen LogP contribution in [0.2, 0.25) is 0 Å². The van der Waals surface area contributed by atoms with E-state index in [4.69, 9.17) is 0 Å². The van der Waals surface area contributed by atoms with Crippen molar-refractivity contribution in [3.05, 3.63) is 17.5 Å². The lowest BCUT2D eigenvalue weighted by molar-refractivity contribution is 0.207. The number of aliphatic hydroxyl groups excluding tert-OH is 1. The molecule has 0 amide bonds. The molecule has 0 unspecified atom stereocenters. The first kappa shape index (κ1) is 13.8. The van der Waals surface area contributed by atoms with E-state index in [9.17, 15) is 13.5 Å². The van der Waals surface area contributed by atoms with Crippen molar-refractivity contribution in [3.8, 4) is 0 Å². The van der Waals surface area contributed by atoms with Gasteiger partial charge in [-0.3, -0.25) is 0 Å². The van der Waals surface area contributed by atoms with E-state index in [1.54, 1.807) is 4.52 Å². The van der Waals surface area contributed by atoms with E-state index < -0.39 is 21.2 Å². The van der Waals surface area contributed by atoms with Crippen LogP contribution in [0.5, 0.6) is 0 Å². The molecule has 2 aromatic heterocycles. The van der Waals surface area contributed by atoms with E-state index in [2.05, 4.69) is 15.1 Å². The number of fused-ring (bicyclic) bond motifs is 1. The van der Waals surface area contributed by atoms with E-state index in [0.717, 1.165) is 11.4 Å². The summed E-state index contributed by atoms with van der Waals surface area (Å²) in [6.45, 7) is 3.78. The lowest BCUT2D eigenvalue weighted by Crippen LogP contribution is -2.20. The fourth-order valence-electron chi connectivity index (χ4n) is 2.24. The maximum absolute atomic E-state index is 11.5. The van der Waals surface area contributed by atoms with Gasteiger partial charge in [-0.2, -0.15) is 4.98 Å². The smallest absolute Gasteiger partial charge is 0.253 e. The maximum Gasteiger partial charge on any atom is 0.253 e. The zero-order chi connectivity index (χ0) is 14.5. The van der Waals surface area contributed by atoms with Gasteiger partial charge in [-0.15, -0.1) is 5.10 Å². The number of sulfone groups is 1. The van der Waals surface area contributed by atoms with Gasteiger partial charge in [0.05, 0.1) is 22.9 Å². The normalized spacial score (nSPS) is 25.4. The number of aliphatic hydroxyl groups is 1. The van der Waals surface area contributed by atoms with Crippen LogP contribution in [0.4, 0.5) is 0 Å². The minimum Gasteiger partial charge on any atom is -0.391 e. The predicted octanol–water partition coefficient (Wildman–Crippen LogP) is -0.00886. The van der Waals surface area contributed by atoms with Crippen LogP contribution in [0, 0.1) is 13.8 Å². The van der Waals surface area contributed by atoms with E-state index in [0.29, 0.717) is 10.9 Å². The summed E-state index contributed by atoms with van der Waals surface area (Å²) in [5.74, 6) is 0.259. The maximum atomic E-state index is 11.5. The minimum absolute atomic E-state index is 0.0418. The highest BCUT2D eigenvalue weighted by Crippen LogP contribution is 2.29. The van der Waals surface area contributed by atoms with Crippen molar-refractivity contribution in [1.29, 1.82) is 0 Å². The van der Waals surface area contributed by atoms with Crippen molar-refractivity contribution >= 4 is 27.4 Å². The van der Waals surface area contributed by atoms with Gasteiger partial charge in [-0.05, 0) is 19.9 Å². The van der Waals surface area contributed by atoms with E-state index in [1.165, 1.54) is 11.8 Å². The van der Waals surface area contributed by atoms with Crippen molar-refractivity contribution in [1.82, 2.24) is 19.6 Å². The topological polar surface area (TPSA) is 97.5 Å². The van der Waals surface area contributed by atoms with Crippen molar-refractivity contribution < 1.29 is 13.5 Å². The summed E-state index contributed by atoms with van der Waals surface area (Å²) in [4.78, 5) is 8.55. The Kier molecular flexibility index (Phi) is 3.22. The molecule has 108 valence electrons. The molecule has 2 atom stereocenters. The third-order valence-corrected chi connectivity index (χ3v) is 6.22. The first-order valence-corrected chi connectivity index (χ1v) is 8.80. The predicted molar refractivity (Wildman–Crippen MR) is 74.6 cm³/mol. The summed E-state index contributed by atoms with van der Waals surface area (Å²) in [5.41, 5.74) is 1.76. The van der Waals surface area contributed by atoms with Gasteiger partial charge in [0.25, 0.3) is 5.78 Å². The number of nitrogens with zero attached hydrogens (tertiary/aromatic N) is 4. The molecule has 1 aliphatic rings. The highest BCUT2D eigenvalue weighted by molar-refractivity contribution is 8.01.